The Balaban J connectivity index is 2.26. The molecule has 20 heavy (non-hydrogen) atoms. The Morgan fingerprint density at radius 3 is 2.55 bits per heavy atom. The number of primary amides is 1. The number of halogens is 1. The normalized spacial score (nSPS) is 10.2. The maximum atomic E-state index is 13.8. The molecule has 1 amide bonds. The van der Waals surface area contributed by atoms with Gasteiger partial charge >= 0.3 is 0 Å². The summed E-state index contributed by atoms with van der Waals surface area (Å²) in [5.74, 6) is -0.946. The summed E-state index contributed by atoms with van der Waals surface area (Å²) in [4.78, 5) is 16.6. The van der Waals surface area contributed by atoms with Gasteiger partial charge in [-0.2, -0.15) is 0 Å². The van der Waals surface area contributed by atoms with Gasteiger partial charge < -0.3 is 16.4 Å². The molecular weight excluding hydrogens is 259 g/mol. The summed E-state index contributed by atoms with van der Waals surface area (Å²) in [6.07, 6.45) is 1.47. The van der Waals surface area contributed by atoms with Crippen LogP contribution in [0.25, 0.3) is 0 Å². The van der Waals surface area contributed by atoms with Crippen LogP contribution in [0.2, 0.25) is 0 Å². The lowest BCUT2D eigenvalue weighted by Gasteiger charge is -2.22. The van der Waals surface area contributed by atoms with Crippen LogP contribution < -0.4 is 16.4 Å². The molecule has 5 nitrogen and oxygen atoms in total. The van der Waals surface area contributed by atoms with E-state index in [1.807, 2.05) is 12.1 Å². The Morgan fingerprint density at radius 1 is 1.25 bits per heavy atom. The highest BCUT2D eigenvalue weighted by Crippen LogP contribution is 2.18. The highest BCUT2D eigenvalue weighted by molar-refractivity contribution is 5.79. The summed E-state index contributed by atoms with van der Waals surface area (Å²) in [6.45, 7) is 0.204. The lowest BCUT2D eigenvalue weighted by Crippen LogP contribution is -2.34. The molecule has 0 fully saturated rings. The Bertz CT molecular complexity index is 600. The lowest BCUT2D eigenvalue weighted by atomic mass is 10.2. The van der Waals surface area contributed by atoms with Crippen LogP contribution >= 0.6 is 0 Å². The quantitative estimate of drug-likeness (QED) is 0.805. The SMILES string of the molecule is NC(=O)CN(Cc1ccc(N)cc1)c1ncccc1F. The first-order valence-electron chi connectivity index (χ1n) is 6.04. The summed E-state index contributed by atoms with van der Waals surface area (Å²) in [5, 5.41) is 0. The van der Waals surface area contributed by atoms with Gasteiger partial charge in [0.25, 0.3) is 0 Å². The van der Waals surface area contributed by atoms with Crippen molar-refractivity contribution < 1.29 is 9.18 Å². The number of rotatable bonds is 5. The van der Waals surface area contributed by atoms with Gasteiger partial charge in [0.2, 0.25) is 5.91 Å². The predicted octanol–water partition coefficient (Wildman–Crippen LogP) is 1.29. The van der Waals surface area contributed by atoms with Crippen molar-refractivity contribution in [2.45, 2.75) is 6.54 Å². The van der Waals surface area contributed by atoms with E-state index in [-0.39, 0.29) is 12.4 Å². The molecule has 4 N–H and O–H groups in total. The Morgan fingerprint density at radius 2 is 1.95 bits per heavy atom. The summed E-state index contributed by atoms with van der Waals surface area (Å²) >= 11 is 0. The van der Waals surface area contributed by atoms with Crippen LogP contribution in [0.3, 0.4) is 0 Å². The van der Waals surface area contributed by atoms with Crippen molar-refractivity contribution in [1.82, 2.24) is 4.98 Å². The number of carbonyl (C=O) groups excluding carboxylic acids is 1. The van der Waals surface area contributed by atoms with Gasteiger partial charge in [0, 0.05) is 18.4 Å². The molecule has 2 aromatic rings. The molecule has 0 atom stereocenters. The van der Waals surface area contributed by atoms with Gasteiger partial charge in [-0.15, -0.1) is 0 Å². The highest BCUT2D eigenvalue weighted by Gasteiger charge is 2.15. The maximum absolute atomic E-state index is 13.8. The zero-order valence-corrected chi connectivity index (χ0v) is 10.8. The van der Waals surface area contributed by atoms with Crippen molar-refractivity contribution in [1.29, 1.82) is 0 Å². The number of aromatic nitrogens is 1. The number of anilines is 2. The van der Waals surface area contributed by atoms with Crippen molar-refractivity contribution in [3.63, 3.8) is 0 Å². The molecule has 1 aromatic carbocycles. The van der Waals surface area contributed by atoms with Crippen LogP contribution in [-0.4, -0.2) is 17.4 Å². The van der Waals surface area contributed by atoms with Crippen LogP contribution in [0.15, 0.2) is 42.6 Å². The molecule has 1 heterocycles. The number of nitrogens with zero attached hydrogens (tertiary/aromatic N) is 2. The fraction of sp³-hybridized carbons (Fsp3) is 0.143. The monoisotopic (exact) mass is 274 g/mol. The Hall–Kier alpha value is -2.63. The van der Waals surface area contributed by atoms with Crippen molar-refractivity contribution in [3.8, 4) is 0 Å². The number of hydrogen-bond donors (Lipinski definition) is 2. The van der Waals surface area contributed by atoms with E-state index in [2.05, 4.69) is 4.98 Å². The van der Waals surface area contributed by atoms with E-state index in [0.717, 1.165) is 5.56 Å². The zero-order chi connectivity index (χ0) is 14.5. The minimum atomic E-state index is -0.550. The Labute approximate surface area is 116 Å². The first kappa shape index (κ1) is 13.8. The van der Waals surface area contributed by atoms with E-state index < -0.39 is 11.7 Å². The van der Waals surface area contributed by atoms with E-state index >= 15 is 0 Å². The second-order valence-electron chi connectivity index (χ2n) is 4.37. The van der Waals surface area contributed by atoms with Crippen LogP contribution in [0, 0.1) is 5.82 Å². The smallest absolute Gasteiger partial charge is 0.237 e. The van der Waals surface area contributed by atoms with Crippen LogP contribution in [-0.2, 0) is 11.3 Å². The first-order chi connectivity index (χ1) is 9.56. The second-order valence-corrected chi connectivity index (χ2v) is 4.37. The number of carbonyl (C=O) groups is 1. The maximum Gasteiger partial charge on any atom is 0.237 e. The summed E-state index contributed by atoms with van der Waals surface area (Å²) in [7, 11) is 0. The van der Waals surface area contributed by atoms with E-state index in [0.29, 0.717) is 12.2 Å². The molecular formula is C14H15FN4O. The Kier molecular flexibility index (Phi) is 4.14. The highest BCUT2D eigenvalue weighted by atomic mass is 19.1. The van der Waals surface area contributed by atoms with Crippen molar-refractivity contribution in [3.05, 3.63) is 54.0 Å². The van der Waals surface area contributed by atoms with Crippen molar-refractivity contribution >= 4 is 17.4 Å². The molecule has 0 aliphatic carbocycles. The van der Waals surface area contributed by atoms with Gasteiger partial charge in [-0.05, 0) is 29.8 Å². The average Bonchev–Trinajstić information content (AvgIpc) is 2.41. The van der Waals surface area contributed by atoms with Gasteiger partial charge in [-0.1, -0.05) is 12.1 Å². The lowest BCUT2D eigenvalue weighted by molar-refractivity contribution is -0.116. The van der Waals surface area contributed by atoms with E-state index in [1.165, 1.54) is 23.2 Å². The minimum absolute atomic E-state index is 0.100. The molecule has 0 unspecified atom stereocenters. The van der Waals surface area contributed by atoms with Gasteiger partial charge in [-0.25, -0.2) is 9.37 Å². The standard InChI is InChI=1S/C14H15FN4O/c15-12-2-1-7-18-14(12)19(9-13(17)20)8-10-3-5-11(16)6-4-10/h1-7H,8-9,16H2,(H2,17,20). The third kappa shape index (κ3) is 3.44. The van der Waals surface area contributed by atoms with Gasteiger partial charge in [0.1, 0.15) is 0 Å². The zero-order valence-electron chi connectivity index (χ0n) is 10.8. The topological polar surface area (TPSA) is 85.2 Å². The molecule has 1 aromatic heterocycles. The third-order valence-corrected chi connectivity index (χ3v) is 2.74. The molecule has 0 radical (unpaired) electrons. The van der Waals surface area contributed by atoms with Crippen molar-refractivity contribution in [2.24, 2.45) is 5.73 Å². The first-order valence-corrected chi connectivity index (χ1v) is 6.04. The predicted molar refractivity (Wildman–Crippen MR) is 75.3 cm³/mol. The van der Waals surface area contributed by atoms with Gasteiger partial charge in [-0.3, -0.25) is 4.79 Å². The van der Waals surface area contributed by atoms with Crippen molar-refractivity contribution in [2.75, 3.05) is 17.2 Å². The number of nitrogen functional groups attached to an aromatic ring is 1. The molecule has 0 aliphatic rings. The molecule has 104 valence electrons. The van der Waals surface area contributed by atoms with E-state index in [4.69, 9.17) is 11.5 Å². The molecule has 2 rings (SSSR count). The van der Waals surface area contributed by atoms with Crippen LogP contribution in [0.5, 0.6) is 0 Å². The molecule has 6 heteroatoms. The number of nitrogens with two attached hydrogens (primary N) is 2. The number of pyridine rings is 1. The summed E-state index contributed by atoms with van der Waals surface area (Å²) < 4.78 is 13.8. The van der Waals surface area contributed by atoms with E-state index in [9.17, 15) is 9.18 Å². The number of benzene rings is 1. The van der Waals surface area contributed by atoms with Crippen LogP contribution in [0.4, 0.5) is 15.9 Å². The largest absolute Gasteiger partial charge is 0.399 e. The molecule has 0 aliphatic heterocycles. The second kappa shape index (κ2) is 6.01. The third-order valence-electron chi connectivity index (χ3n) is 2.74. The number of hydrogen-bond acceptors (Lipinski definition) is 4. The minimum Gasteiger partial charge on any atom is -0.399 e. The molecule has 0 spiro atoms. The van der Waals surface area contributed by atoms with Gasteiger partial charge in [0.15, 0.2) is 11.6 Å². The summed E-state index contributed by atoms with van der Waals surface area (Å²) in [6, 6.07) is 9.89. The molecule has 0 saturated carbocycles. The van der Waals surface area contributed by atoms with Gasteiger partial charge in [0.05, 0.1) is 6.54 Å². The number of amides is 1. The molecule has 0 bridgehead atoms. The fourth-order valence-corrected chi connectivity index (χ4v) is 1.85. The molecule has 0 saturated heterocycles. The van der Waals surface area contributed by atoms with Crippen LogP contribution in [0.1, 0.15) is 5.56 Å². The summed E-state index contributed by atoms with van der Waals surface area (Å²) in [5.41, 5.74) is 12.3. The average molecular weight is 274 g/mol. The fourth-order valence-electron chi connectivity index (χ4n) is 1.85. The van der Waals surface area contributed by atoms with E-state index in [1.54, 1.807) is 12.1 Å².